The van der Waals surface area contributed by atoms with Crippen molar-refractivity contribution in [3.05, 3.63) is 29.9 Å². The molecule has 48 valence electrons. The molecule has 0 spiro atoms. The van der Waals surface area contributed by atoms with Gasteiger partial charge in [-0.3, -0.25) is 0 Å². The number of methoxy groups -OCH3 is 1. The van der Waals surface area contributed by atoms with E-state index in [1.807, 2.05) is 6.42 Å². The van der Waals surface area contributed by atoms with Gasteiger partial charge in [0.1, 0.15) is 0 Å². The summed E-state index contributed by atoms with van der Waals surface area (Å²) in [7, 11) is 1.69. The first-order valence-electron chi connectivity index (χ1n) is 3.07. The molecule has 0 heterocycles. The van der Waals surface area contributed by atoms with Crippen LogP contribution in [0.15, 0.2) is 23.5 Å². The van der Waals surface area contributed by atoms with E-state index in [4.69, 9.17) is 4.74 Å². The zero-order valence-electron chi connectivity index (χ0n) is 5.85. The molecule has 0 saturated heterocycles. The fourth-order valence-corrected chi connectivity index (χ4v) is 0.773. The molecular formula is C8H11O+. The van der Waals surface area contributed by atoms with Crippen LogP contribution in [0.2, 0.25) is 0 Å². The summed E-state index contributed by atoms with van der Waals surface area (Å²) in [6.45, 7) is 2.11. The van der Waals surface area contributed by atoms with Crippen molar-refractivity contribution in [3.63, 3.8) is 0 Å². The zero-order valence-corrected chi connectivity index (χ0v) is 5.85. The molecule has 0 fully saturated rings. The fourth-order valence-electron chi connectivity index (χ4n) is 0.773. The van der Waals surface area contributed by atoms with Gasteiger partial charge in [0.15, 0.2) is 0 Å². The molecule has 0 radical (unpaired) electrons. The van der Waals surface area contributed by atoms with E-state index < -0.39 is 0 Å². The molecule has 0 atom stereocenters. The molecule has 0 amide bonds. The van der Waals surface area contributed by atoms with Crippen molar-refractivity contribution < 1.29 is 4.74 Å². The van der Waals surface area contributed by atoms with E-state index in [0.717, 1.165) is 12.2 Å². The topological polar surface area (TPSA) is 9.23 Å². The molecule has 0 aromatic rings. The lowest BCUT2D eigenvalue weighted by Gasteiger charge is -2.00. The Morgan fingerprint density at radius 3 is 2.89 bits per heavy atom. The third-order valence-corrected chi connectivity index (χ3v) is 1.39. The third kappa shape index (κ3) is 1.53. The number of hydrogen-bond acceptors (Lipinski definition) is 1. The van der Waals surface area contributed by atoms with Gasteiger partial charge in [0.05, 0.1) is 32.1 Å². The summed E-state index contributed by atoms with van der Waals surface area (Å²) < 4.78 is 5.00. The first-order valence-corrected chi connectivity index (χ1v) is 3.07. The van der Waals surface area contributed by atoms with E-state index in [9.17, 15) is 0 Å². The van der Waals surface area contributed by atoms with Crippen molar-refractivity contribution in [3.8, 4) is 0 Å². The molecule has 1 rings (SSSR count). The Kier molecular flexibility index (Phi) is 1.83. The van der Waals surface area contributed by atoms with Gasteiger partial charge >= 0.3 is 0 Å². The summed E-state index contributed by atoms with van der Waals surface area (Å²) in [6, 6.07) is 0. The van der Waals surface area contributed by atoms with Crippen LogP contribution in [0.3, 0.4) is 0 Å². The molecule has 1 aliphatic rings. The Morgan fingerprint density at radius 2 is 2.44 bits per heavy atom. The molecule has 9 heavy (non-hydrogen) atoms. The van der Waals surface area contributed by atoms with Crippen LogP contribution in [0.25, 0.3) is 0 Å². The van der Waals surface area contributed by atoms with Crippen LogP contribution >= 0.6 is 0 Å². The van der Waals surface area contributed by atoms with Gasteiger partial charge < -0.3 is 4.74 Å². The van der Waals surface area contributed by atoms with E-state index >= 15 is 0 Å². The van der Waals surface area contributed by atoms with Gasteiger partial charge in [0, 0.05) is 12.5 Å². The van der Waals surface area contributed by atoms with Gasteiger partial charge in [-0.05, 0) is 0 Å². The van der Waals surface area contributed by atoms with Crippen LogP contribution < -0.4 is 0 Å². The number of rotatable bonds is 1. The highest BCUT2D eigenvalue weighted by atomic mass is 16.5. The summed E-state index contributed by atoms with van der Waals surface area (Å²) in [5.74, 6) is 0.973. The Bertz CT molecular complexity index is 154. The quantitative estimate of drug-likeness (QED) is 0.485. The van der Waals surface area contributed by atoms with Crippen molar-refractivity contribution >= 4 is 0 Å². The fraction of sp³-hybridized carbons (Fsp3) is 0.375. The molecule has 0 N–H and O–H groups in total. The lowest BCUT2D eigenvalue weighted by atomic mass is 10.1. The van der Waals surface area contributed by atoms with Gasteiger partial charge in [-0.1, -0.05) is 0 Å². The molecule has 0 aromatic heterocycles. The summed E-state index contributed by atoms with van der Waals surface area (Å²) in [5.41, 5.74) is 1.39. The minimum absolute atomic E-state index is 0.973. The second-order valence-corrected chi connectivity index (χ2v) is 2.19. The monoisotopic (exact) mass is 123 g/mol. The van der Waals surface area contributed by atoms with E-state index in [1.165, 1.54) is 5.57 Å². The summed E-state index contributed by atoms with van der Waals surface area (Å²) >= 11 is 0. The highest BCUT2D eigenvalue weighted by Gasteiger charge is 2.08. The molecule has 1 heteroatoms. The van der Waals surface area contributed by atoms with Gasteiger partial charge in [0.25, 0.3) is 0 Å². The first kappa shape index (κ1) is 6.27. The Balaban J connectivity index is 2.48. The standard InChI is InChI=1S/C8H11O/c1-7-3-5-8(9-2)6-4-7/h3,5-6H,4H2,1-2H3/q+1. The molecule has 0 saturated carbocycles. The normalized spacial score (nSPS) is 17.6. The van der Waals surface area contributed by atoms with Crippen LogP contribution in [0.5, 0.6) is 0 Å². The first-order chi connectivity index (χ1) is 4.33. The Hall–Kier alpha value is -0.850. The Labute approximate surface area is 56.0 Å². The van der Waals surface area contributed by atoms with E-state index in [1.54, 1.807) is 7.11 Å². The number of ether oxygens (including phenoxy) is 1. The summed E-state index contributed by atoms with van der Waals surface area (Å²) in [6.07, 6.45) is 7.17. The second-order valence-electron chi connectivity index (χ2n) is 2.19. The lowest BCUT2D eigenvalue weighted by Crippen LogP contribution is -1.92. The average Bonchev–Trinajstić information content (AvgIpc) is 1.90. The third-order valence-electron chi connectivity index (χ3n) is 1.39. The highest BCUT2D eigenvalue weighted by Crippen LogP contribution is 2.15. The van der Waals surface area contributed by atoms with E-state index in [-0.39, 0.29) is 0 Å². The van der Waals surface area contributed by atoms with Crippen molar-refractivity contribution in [2.45, 2.75) is 13.3 Å². The minimum atomic E-state index is 0.973. The van der Waals surface area contributed by atoms with Gasteiger partial charge in [-0.25, -0.2) is 0 Å². The lowest BCUT2D eigenvalue weighted by molar-refractivity contribution is 0.299. The number of allylic oxidation sites excluding steroid dienone is 3. The maximum Gasteiger partial charge on any atom is 0.227 e. The van der Waals surface area contributed by atoms with E-state index in [2.05, 4.69) is 19.1 Å². The maximum atomic E-state index is 5.00. The molecular weight excluding hydrogens is 112 g/mol. The molecule has 1 nitrogen and oxygen atoms in total. The maximum absolute atomic E-state index is 5.00. The van der Waals surface area contributed by atoms with Crippen molar-refractivity contribution in [1.82, 2.24) is 0 Å². The molecule has 0 aromatic carbocycles. The predicted molar refractivity (Wildman–Crippen MR) is 37.8 cm³/mol. The molecule has 1 aliphatic carbocycles. The number of hydrogen-bond donors (Lipinski definition) is 0. The Morgan fingerprint density at radius 1 is 1.67 bits per heavy atom. The van der Waals surface area contributed by atoms with Crippen LogP contribution in [0.4, 0.5) is 0 Å². The predicted octanol–water partition coefficient (Wildman–Crippen LogP) is 2.07. The molecule has 0 aliphatic heterocycles. The zero-order chi connectivity index (χ0) is 6.69. The van der Waals surface area contributed by atoms with E-state index in [0.29, 0.717) is 0 Å². The minimum Gasteiger partial charge on any atom is -0.475 e. The largest absolute Gasteiger partial charge is 0.475 e. The van der Waals surface area contributed by atoms with Gasteiger partial charge in [-0.2, -0.15) is 0 Å². The molecule has 0 bridgehead atoms. The summed E-state index contributed by atoms with van der Waals surface area (Å²) in [5, 5.41) is 0. The van der Waals surface area contributed by atoms with Gasteiger partial charge in [-0.15, -0.1) is 0 Å². The molecule has 0 unspecified atom stereocenters. The smallest absolute Gasteiger partial charge is 0.227 e. The van der Waals surface area contributed by atoms with Crippen molar-refractivity contribution in [2.75, 3.05) is 7.11 Å². The second kappa shape index (κ2) is 2.62. The van der Waals surface area contributed by atoms with Crippen LogP contribution in [-0.4, -0.2) is 7.11 Å². The van der Waals surface area contributed by atoms with Crippen LogP contribution in [-0.2, 0) is 4.74 Å². The van der Waals surface area contributed by atoms with Crippen molar-refractivity contribution in [1.29, 1.82) is 0 Å². The summed E-state index contributed by atoms with van der Waals surface area (Å²) in [4.78, 5) is 0. The SMILES string of the molecule is COC1=CCC(C)=C[CH+]1. The van der Waals surface area contributed by atoms with Crippen molar-refractivity contribution in [2.24, 2.45) is 0 Å². The average molecular weight is 123 g/mol. The van der Waals surface area contributed by atoms with Gasteiger partial charge in [0.2, 0.25) is 5.76 Å². The van der Waals surface area contributed by atoms with Crippen LogP contribution in [0, 0.1) is 6.42 Å². The van der Waals surface area contributed by atoms with Crippen LogP contribution in [0.1, 0.15) is 13.3 Å². The highest BCUT2D eigenvalue weighted by molar-refractivity contribution is 5.26.